The van der Waals surface area contributed by atoms with Crippen LogP contribution in [0, 0.1) is 0 Å². The van der Waals surface area contributed by atoms with Gasteiger partial charge in [-0.2, -0.15) is 0 Å². The molecule has 0 aliphatic carbocycles. The molecule has 0 bridgehead atoms. The molecule has 25 heavy (non-hydrogen) atoms. The van der Waals surface area contributed by atoms with Crippen LogP contribution in [0.5, 0.6) is 0 Å². The van der Waals surface area contributed by atoms with Gasteiger partial charge in [0.05, 0.1) is 4.87 Å². The molecule has 3 saturated heterocycles. The average Bonchev–Trinajstić information content (AvgIpc) is 3.11. The zero-order valence-electron chi connectivity index (χ0n) is 14.3. The van der Waals surface area contributed by atoms with E-state index in [0.29, 0.717) is 19.5 Å². The zero-order chi connectivity index (χ0) is 17.6. The van der Waals surface area contributed by atoms with E-state index in [1.54, 1.807) is 11.8 Å². The van der Waals surface area contributed by atoms with Crippen molar-refractivity contribution in [2.45, 2.75) is 30.7 Å². The molecule has 0 aromatic heterocycles. The van der Waals surface area contributed by atoms with Crippen LogP contribution in [0.1, 0.15) is 19.8 Å². The molecule has 3 aliphatic rings. The van der Waals surface area contributed by atoms with E-state index in [-0.39, 0.29) is 22.7 Å². The smallest absolute Gasteiger partial charge is 0.246 e. The normalized spacial score (nSPS) is 29.3. The van der Waals surface area contributed by atoms with Crippen LogP contribution in [-0.2, 0) is 9.59 Å². The highest BCUT2D eigenvalue weighted by molar-refractivity contribution is 8.01. The number of thioether (sulfide) groups is 1. The molecule has 134 valence electrons. The van der Waals surface area contributed by atoms with Crippen LogP contribution in [0.4, 0.5) is 5.69 Å². The number of carbonyl (C=O) groups is 2. The fourth-order valence-corrected chi connectivity index (χ4v) is 5.68. The van der Waals surface area contributed by atoms with E-state index in [2.05, 4.69) is 11.8 Å². The van der Waals surface area contributed by atoms with Crippen LogP contribution in [0.2, 0.25) is 5.02 Å². The summed E-state index contributed by atoms with van der Waals surface area (Å²) >= 11 is 7.83. The number of amides is 2. The van der Waals surface area contributed by atoms with Gasteiger partial charge in [-0.1, -0.05) is 17.7 Å². The van der Waals surface area contributed by atoms with E-state index < -0.39 is 0 Å². The Balaban J connectivity index is 1.41. The maximum atomic E-state index is 13.0. The van der Waals surface area contributed by atoms with Crippen LogP contribution in [0.3, 0.4) is 0 Å². The molecule has 0 saturated carbocycles. The number of benzene rings is 1. The van der Waals surface area contributed by atoms with Crippen molar-refractivity contribution in [2.75, 3.05) is 36.8 Å². The van der Waals surface area contributed by atoms with Crippen LogP contribution in [0.15, 0.2) is 24.3 Å². The minimum Gasteiger partial charge on any atom is -0.368 e. The largest absolute Gasteiger partial charge is 0.368 e. The van der Waals surface area contributed by atoms with Crippen LogP contribution in [-0.4, -0.2) is 64.5 Å². The summed E-state index contributed by atoms with van der Waals surface area (Å²) < 4.78 is 0. The number of fused-ring (bicyclic) bond motifs is 1. The summed E-state index contributed by atoms with van der Waals surface area (Å²) in [5.41, 5.74) is 1.10. The SMILES string of the molecule is C[C@@]12CCC(=O)N1[C@H](C(=O)N1CCN(c3cccc(Cl)c3)CC1)CS2. The Kier molecular flexibility index (Phi) is 4.36. The first kappa shape index (κ1) is 17.0. The van der Waals surface area contributed by atoms with Gasteiger partial charge in [0, 0.05) is 49.1 Å². The van der Waals surface area contributed by atoms with Crippen molar-refractivity contribution in [3.63, 3.8) is 0 Å². The number of anilines is 1. The van der Waals surface area contributed by atoms with Crippen molar-refractivity contribution in [3.05, 3.63) is 29.3 Å². The Hall–Kier alpha value is -1.40. The molecule has 1 aromatic carbocycles. The molecule has 0 N–H and O–H groups in total. The molecule has 7 heteroatoms. The molecule has 3 heterocycles. The molecular formula is C18H22ClN3O2S. The highest BCUT2D eigenvalue weighted by Gasteiger charge is 2.53. The number of halogens is 1. The summed E-state index contributed by atoms with van der Waals surface area (Å²) in [7, 11) is 0. The van der Waals surface area contributed by atoms with Gasteiger partial charge in [-0.05, 0) is 31.5 Å². The van der Waals surface area contributed by atoms with Crippen LogP contribution >= 0.6 is 23.4 Å². The Morgan fingerprint density at radius 2 is 2.04 bits per heavy atom. The average molecular weight is 380 g/mol. The van der Waals surface area contributed by atoms with Gasteiger partial charge in [0.15, 0.2) is 0 Å². The summed E-state index contributed by atoms with van der Waals surface area (Å²) in [5.74, 6) is 0.955. The second kappa shape index (κ2) is 6.40. The molecule has 0 radical (unpaired) electrons. The molecular weight excluding hydrogens is 358 g/mol. The standard InChI is InChI=1S/C18H22ClN3O2S/c1-18-6-5-16(23)22(18)15(12-25-18)17(24)21-9-7-20(8-10-21)14-4-2-3-13(19)11-14/h2-4,11,15H,5-10,12H2,1H3/t15-,18+/m0/s1. The molecule has 0 unspecified atom stereocenters. The topological polar surface area (TPSA) is 43.9 Å². The Labute approximate surface area is 157 Å². The second-order valence-electron chi connectivity index (χ2n) is 7.06. The van der Waals surface area contributed by atoms with Gasteiger partial charge in [0.2, 0.25) is 11.8 Å². The second-order valence-corrected chi connectivity index (χ2v) is 9.00. The van der Waals surface area contributed by atoms with E-state index in [9.17, 15) is 9.59 Å². The highest BCUT2D eigenvalue weighted by Crippen LogP contribution is 2.47. The maximum Gasteiger partial charge on any atom is 0.246 e. The first-order valence-electron chi connectivity index (χ1n) is 8.73. The van der Waals surface area contributed by atoms with Crippen LogP contribution in [0.25, 0.3) is 0 Å². The summed E-state index contributed by atoms with van der Waals surface area (Å²) in [5, 5.41) is 0.728. The van der Waals surface area contributed by atoms with Crippen molar-refractivity contribution in [3.8, 4) is 0 Å². The molecule has 5 nitrogen and oxygen atoms in total. The Morgan fingerprint density at radius 1 is 1.28 bits per heavy atom. The lowest BCUT2D eigenvalue weighted by atomic mass is 10.1. The van der Waals surface area contributed by atoms with E-state index in [4.69, 9.17) is 11.6 Å². The van der Waals surface area contributed by atoms with E-state index in [1.165, 1.54) is 0 Å². The van der Waals surface area contributed by atoms with Crippen molar-refractivity contribution >= 4 is 40.9 Å². The lowest BCUT2D eigenvalue weighted by Crippen LogP contribution is -2.56. The summed E-state index contributed by atoms with van der Waals surface area (Å²) in [6.45, 7) is 5.04. The molecule has 2 amide bonds. The number of piperazine rings is 1. The summed E-state index contributed by atoms with van der Waals surface area (Å²) in [6.07, 6.45) is 1.42. The van der Waals surface area contributed by atoms with Crippen LogP contribution < -0.4 is 4.90 Å². The minimum absolute atomic E-state index is 0.109. The fourth-order valence-electron chi connectivity index (χ4n) is 4.07. The van der Waals surface area contributed by atoms with Crippen molar-refractivity contribution in [1.29, 1.82) is 0 Å². The monoisotopic (exact) mass is 379 g/mol. The quantitative estimate of drug-likeness (QED) is 0.791. The van der Waals surface area contributed by atoms with Gasteiger partial charge in [-0.3, -0.25) is 9.59 Å². The Bertz CT molecular complexity index is 707. The molecule has 2 atom stereocenters. The Morgan fingerprint density at radius 3 is 2.76 bits per heavy atom. The first-order valence-corrected chi connectivity index (χ1v) is 10.1. The van der Waals surface area contributed by atoms with Gasteiger partial charge in [0.25, 0.3) is 0 Å². The van der Waals surface area contributed by atoms with Gasteiger partial charge < -0.3 is 14.7 Å². The maximum absolute atomic E-state index is 13.0. The third kappa shape index (κ3) is 2.99. The number of hydrogen-bond acceptors (Lipinski definition) is 4. The molecule has 0 spiro atoms. The van der Waals surface area contributed by atoms with Gasteiger partial charge in [-0.25, -0.2) is 0 Å². The fraction of sp³-hybridized carbons (Fsp3) is 0.556. The first-order chi connectivity index (χ1) is 12.0. The molecule has 3 aliphatic heterocycles. The summed E-state index contributed by atoms with van der Waals surface area (Å²) in [6, 6.07) is 7.53. The highest BCUT2D eigenvalue weighted by atomic mass is 35.5. The molecule has 4 rings (SSSR count). The number of carbonyl (C=O) groups excluding carboxylic acids is 2. The van der Waals surface area contributed by atoms with Gasteiger partial charge in [0.1, 0.15) is 6.04 Å². The zero-order valence-corrected chi connectivity index (χ0v) is 15.9. The van der Waals surface area contributed by atoms with Gasteiger partial charge >= 0.3 is 0 Å². The third-order valence-electron chi connectivity index (χ3n) is 5.49. The van der Waals surface area contributed by atoms with Gasteiger partial charge in [-0.15, -0.1) is 11.8 Å². The molecule has 1 aromatic rings. The van der Waals surface area contributed by atoms with E-state index in [0.717, 1.165) is 36.0 Å². The lowest BCUT2D eigenvalue weighted by Gasteiger charge is -2.39. The van der Waals surface area contributed by atoms with E-state index >= 15 is 0 Å². The van der Waals surface area contributed by atoms with Crippen molar-refractivity contribution in [1.82, 2.24) is 9.80 Å². The number of hydrogen-bond donors (Lipinski definition) is 0. The third-order valence-corrected chi connectivity index (χ3v) is 7.23. The van der Waals surface area contributed by atoms with Crippen molar-refractivity contribution < 1.29 is 9.59 Å². The number of nitrogens with zero attached hydrogens (tertiary/aromatic N) is 3. The van der Waals surface area contributed by atoms with Crippen molar-refractivity contribution in [2.24, 2.45) is 0 Å². The summed E-state index contributed by atoms with van der Waals surface area (Å²) in [4.78, 5) is 31.1. The van der Waals surface area contributed by atoms with E-state index in [1.807, 2.05) is 34.1 Å². The number of rotatable bonds is 2. The predicted octanol–water partition coefficient (Wildman–Crippen LogP) is 2.44. The minimum atomic E-state index is -0.289. The predicted molar refractivity (Wildman–Crippen MR) is 101 cm³/mol. The molecule has 3 fully saturated rings. The lowest BCUT2D eigenvalue weighted by molar-refractivity contribution is -0.143.